The molecule has 1 fully saturated rings. The van der Waals surface area contributed by atoms with Crippen LogP contribution in [0, 0.1) is 5.92 Å². The molecule has 0 saturated carbocycles. The summed E-state index contributed by atoms with van der Waals surface area (Å²) < 4.78 is 2.56. The molecule has 1 N–H and O–H groups in total. The zero-order chi connectivity index (χ0) is 14.1. The lowest BCUT2D eigenvalue weighted by molar-refractivity contribution is 0.276. The summed E-state index contributed by atoms with van der Waals surface area (Å²) in [7, 11) is 2.27. The Kier molecular flexibility index (Phi) is 4.13. The van der Waals surface area contributed by atoms with E-state index in [0.717, 1.165) is 32.5 Å². The van der Waals surface area contributed by atoms with Crippen LogP contribution in [0.3, 0.4) is 0 Å². The van der Waals surface area contributed by atoms with Gasteiger partial charge in [-0.25, -0.2) is 4.98 Å². The fourth-order valence-corrected chi connectivity index (χ4v) is 3.58. The third-order valence-electron chi connectivity index (χ3n) is 4.72. The number of imidazole rings is 1. The van der Waals surface area contributed by atoms with E-state index in [1.807, 2.05) is 0 Å². The summed E-state index contributed by atoms with van der Waals surface area (Å²) in [6, 6.07) is 0.703. The molecule has 1 unspecified atom stereocenters. The average Bonchev–Trinajstić information content (AvgIpc) is 2.95. The molecule has 0 amide bonds. The van der Waals surface area contributed by atoms with Crippen LogP contribution in [0.2, 0.25) is 0 Å². The van der Waals surface area contributed by atoms with Crippen LogP contribution < -0.4 is 5.32 Å². The molecule has 4 heteroatoms. The minimum absolute atomic E-state index is 0.673. The zero-order valence-electron chi connectivity index (χ0n) is 13.2. The highest BCUT2D eigenvalue weighted by Gasteiger charge is 2.26. The second kappa shape index (κ2) is 5.86. The highest BCUT2D eigenvalue weighted by molar-refractivity contribution is 5.21. The van der Waals surface area contributed by atoms with Gasteiger partial charge in [0, 0.05) is 44.2 Å². The largest absolute Gasteiger partial charge is 0.330 e. The van der Waals surface area contributed by atoms with E-state index in [9.17, 15) is 0 Å². The smallest absolute Gasteiger partial charge is 0.109 e. The van der Waals surface area contributed by atoms with Gasteiger partial charge < -0.3 is 14.8 Å². The van der Waals surface area contributed by atoms with Gasteiger partial charge in [0.1, 0.15) is 5.82 Å². The number of likely N-dealkylation sites (N-methyl/N-ethyl adjacent to an activating group) is 1. The Balaban J connectivity index is 1.87. The van der Waals surface area contributed by atoms with E-state index < -0.39 is 0 Å². The van der Waals surface area contributed by atoms with Crippen molar-refractivity contribution in [2.24, 2.45) is 5.92 Å². The monoisotopic (exact) mass is 276 g/mol. The fourth-order valence-electron chi connectivity index (χ4n) is 3.58. The minimum atomic E-state index is 0.673. The van der Waals surface area contributed by atoms with Crippen LogP contribution in [0.1, 0.15) is 43.9 Å². The van der Waals surface area contributed by atoms with Gasteiger partial charge in [0.15, 0.2) is 0 Å². The Hall–Kier alpha value is -0.870. The first-order valence-electron chi connectivity index (χ1n) is 8.13. The standard InChI is InChI=1S/C16H28N4/c1-12(2)9-16-18-14-10-17-7-6-15(14)20(16)11-13-5-4-8-19(13)3/h12-13,17H,4-11H2,1-3H3. The summed E-state index contributed by atoms with van der Waals surface area (Å²) >= 11 is 0. The number of hydrogen-bond donors (Lipinski definition) is 1. The molecular formula is C16H28N4. The van der Waals surface area contributed by atoms with E-state index in [1.54, 1.807) is 0 Å². The molecule has 1 aromatic heterocycles. The zero-order valence-corrected chi connectivity index (χ0v) is 13.2. The molecular weight excluding hydrogens is 248 g/mol. The SMILES string of the molecule is CC(C)Cc1nc2c(n1CC1CCCN1C)CCNC2. The van der Waals surface area contributed by atoms with Crippen LogP contribution in [-0.2, 0) is 25.9 Å². The summed E-state index contributed by atoms with van der Waals surface area (Å²) in [5.74, 6) is 1.99. The van der Waals surface area contributed by atoms with Gasteiger partial charge in [-0.15, -0.1) is 0 Å². The Labute approximate surface area is 122 Å². The van der Waals surface area contributed by atoms with Crippen molar-refractivity contribution < 1.29 is 0 Å². The van der Waals surface area contributed by atoms with Gasteiger partial charge in [0.05, 0.1) is 5.69 Å². The van der Waals surface area contributed by atoms with Crippen LogP contribution in [0.25, 0.3) is 0 Å². The summed E-state index contributed by atoms with van der Waals surface area (Å²) in [5, 5.41) is 3.45. The van der Waals surface area contributed by atoms with Gasteiger partial charge in [0.25, 0.3) is 0 Å². The van der Waals surface area contributed by atoms with E-state index in [4.69, 9.17) is 4.98 Å². The second-order valence-electron chi connectivity index (χ2n) is 6.83. The Morgan fingerprint density at radius 1 is 1.40 bits per heavy atom. The van der Waals surface area contributed by atoms with Gasteiger partial charge in [-0.1, -0.05) is 13.8 Å². The first kappa shape index (κ1) is 14.1. The van der Waals surface area contributed by atoms with Gasteiger partial charge in [-0.05, 0) is 32.4 Å². The summed E-state index contributed by atoms with van der Waals surface area (Å²) in [4.78, 5) is 7.46. The topological polar surface area (TPSA) is 33.1 Å². The summed E-state index contributed by atoms with van der Waals surface area (Å²) in [6.07, 6.45) is 4.92. The number of fused-ring (bicyclic) bond motifs is 1. The van der Waals surface area contributed by atoms with Crippen molar-refractivity contribution in [2.75, 3.05) is 20.1 Å². The van der Waals surface area contributed by atoms with Crippen molar-refractivity contribution in [1.29, 1.82) is 0 Å². The van der Waals surface area contributed by atoms with Crippen molar-refractivity contribution >= 4 is 0 Å². The maximum Gasteiger partial charge on any atom is 0.109 e. The number of aromatic nitrogens is 2. The molecule has 0 aliphatic carbocycles. The molecule has 0 spiro atoms. The predicted molar refractivity (Wildman–Crippen MR) is 81.8 cm³/mol. The first-order valence-corrected chi connectivity index (χ1v) is 8.13. The number of nitrogens with zero attached hydrogens (tertiary/aromatic N) is 3. The Morgan fingerprint density at radius 2 is 2.25 bits per heavy atom. The molecule has 0 radical (unpaired) electrons. The predicted octanol–water partition coefficient (Wildman–Crippen LogP) is 1.82. The lowest BCUT2D eigenvalue weighted by Crippen LogP contribution is -2.32. The van der Waals surface area contributed by atoms with Gasteiger partial charge in [0.2, 0.25) is 0 Å². The van der Waals surface area contributed by atoms with Crippen molar-refractivity contribution in [3.8, 4) is 0 Å². The fraction of sp³-hybridized carbons (Fsp3) is 0.812. The molecule has 1 aromatic rings. The van der Waals surface area contributed by atoms with Crippen LogP contribution in [0.5, 0.6) is 0 Å². The second-order valence-corrected chi connectivity index (χ2v) is 6.83. The van der Waals surface area contributed by atoms with E-state index in [-0.39, 0.29) is 0 Å². The normalized spacial score (nSPS) is 23.5. The molecule has 1 saturated heterocycles. The van der Waals surface area contributed by atoms with Crippen LogP contribution in [-0.4, -0.2) is 40.6 Å². The number of likely N-dealkylation sites (tertiary alicyclic amines) is 1. The lowest BCUT2D eigenvalue weighted by atomic mass is 10.1. The average molecular weight is 276 g/mol. The third-order valence-corrected chi connectivity index (χ3v) is 4.72. The molecule has 0 bridgehead atoms. The van der Waals surface area contributed by atoms with Crippen LogP contribution >= 0.6 is 0 Å². The summed E-state index contributed by atoms with van der Waals surface area (Å²) in [5.41, 5.74) is 2.80. The van der Waals surface area contributed by atoms with Crippen LogP contribution in [0.4, 0.5) is 0 Å². The summed E-state index contributed by atoms with van der Waals surface area (Å²) in [6.45, 7) is 9.02. The van der Waals surface area contributed by atoms with Gasteiger partial charge >= 0.3 is 0 Å². The Morgan fingerprint density at radius 3 is 2.95 bits per heavy atom. The highest BCUT2D eigenvalue weighted by Crippen LogP contribution is 2.23. The molecule has 2 aliphatic rings. The number of hydrogen-bond acceptors (Lipinski definition) is 3. The molecule has 112 valence electrons. The molecule has 4 nitrogen and oxygen atoms in total. The highest BCUT2D eigenvalue weighted by atomic mass is 15.2. The van der Waals surface area contributed by atoms with Crippen molar-refractivity contribution in [3.63, 3.8) is 0 Å². The molecule has 2 aliphatic heterocycles. The van der Waals surface area contributed by atoms with E-state index in [0.29, 0.717) is 12.0 Å². The van der Waals surface area contributed by atoms with Gasteiger partial charge in [-0.3, -0.25) is 0 Å². The third kappa shape index (κ3) is 2.77. The number of nitrogens with one attached hydrogen (secondary N) is 1. The van der Waals surface area contributed by atoms with Crippen molar-refractivity contribution in [2.45, 2.75) is 58.7 Å². The molecule has 3 heterocycles. The molecule has 1 atom stereocenters. The van der Waals surface area contributed by atoms with E-state index >= 15 is 0 Å². The molecule has 0 aromatic carbocycles. The Bertz CT molecular complexity index is 463. The maximum absolute atomic E-state index is 4.94. The van der Waals surface area contributed by atoms with Crippen molar-refractivity contribution in [3.05, 3.63) is 17.2 Å². The maximum atomic E-state index is 4.94. The molecule has 3 rings (SSSR count). The first-order chi connectivity index (χ1) is 9.65. The molecule has 20 heavy (non-hydrogen) atoms. The van der Waals surface area contributed by atoms with Gasteiger partial charge in [-0.2, -0.15) is 0 Å². The van der Waals surface area contributed by atoms with Crippen molar-refractivity contribution in [1.82, 2.24) is 19.8 Å². The number of rotatable bonds is 4. The van der Waals surface area contributed by atoms with Crippen LogP contribution in [0.15, 0.2) is 0 Å². The quantitative estimate of drug-likeness (QED) is 0.910. The minimum Gasteiger partial charge on any atom is -0.330 e. The van der Waals surface area contributed by atoms with E-state index in [1.165, 1.54) is 36.6 Å². The van der Waals surface area contributed by atoms with E-state index in [2.05, 4.69) is 35.7 Å². The lowest BCUT2D eigenvalue weighted by Gasteiger charge is -2.24.